The lowest BCUT2D eigenvalue weighted by Gasteiger charge is -2.29. The van der Waals surface area contributed by atoms with Crippen molar-refractivity contribution >= 4 is 17.6 Å². The highest BCUT2D eigenvalue weighted by molar-refractivity contribution is 6.30. The van der Waals surface area contributed by atoms with Gasteiger partial charge in [0.05, 0.1) is 6.42 Å². The average molecular weight is 282 g/mol. The molecule has 1 aliphatic rings. The van der Waals surface area contributed by atoms with Gasteiger partial charge >= 0.3 is 5.97 Å². The summed E-state index contributed by atoms with van der Waals surface area (Å²) in [5.41, 5.74) is 1.25. The summed E-state index contributed by atoms with van der Waals surface area (Å²) in [6.07, 6.45) is 4.90. The van der Waals surface area contributed by atoms with Crippen LogP contribution < -0.4 is 0 Å². The number of carboxylic acids is 1. The molecule has 0 radical (unpaired) electrons. The van der Waals surface area contributed by atoms with E-state index < -0.39 is 5.97 Å². The number of hydrogen-bond donors (Lipinski definition) is 1. The van der Waals surface area contributed by atoms with Gasteiger partial charge in [0, 0.05) is 17.6 Å². The molecule has 1 atom stereocenters. The van der Waals surface area contributed by atoms with E-state index in [2.05, 4.69) is 17.0 Å². The Bertz CT molecular complexity index is 419. The Hall–Kier alpha value is -1.06. The molecule has 1 unspecified atom stereocenters. The lowest BCUT2D eigenvalue weighted by atomic mass is 10.0. The minimum Gasteiger partial charge on any atom is -0.481 e. The van der Waals surface area contributed by atoms with E-state index in [1.165, 1.54) is 18.4 Å². The first kappa shape index (κ1) is 14.4. The van der Waals surface area contributed by atoms with Crippen molar-refractivity contribution in [3.63, 3.8) is 0 Å². The molecular formula is C15H20ClNO2. The Morgan fingerprint density at radius 1 is 1.26 bits per heavy atom. The van der Waals surface area contributed by atoms with Crippen LogP contribution in [0.3, 0.4) is 0 Å². The second kappa shape index (κ2) is 6.92. The van der Waals surface area contributed by atoms with Crippen molar-refractivity contribution in [2.45, 2.75) is 38.1 Å². The average Bonchev–Trinajstić information content (AvgIpc) is 2.62. The molecule has 0 bridgehead atoms. The molecule has 1 N–H and O–H groups in total. The lowest BCUT2D eigenvalue weighted by molar-refractivity contribution is -0.137. The molecule has 0 aliphatic carbocycles. The summed E-state index contributed by atoms with van der Waals surface area (Å²) in [5, 5.41) is 9.61. The van der Waals surface area contributed by atoms with Crippen LogP contribution in [0.2, 0.25) is 5.02 Å². The van der Waals surface area contributed by atoms with Crippen molar-refractivity contribution in [3.05, 3.63) is 34.9 Å². The third kappa shape index (κ3) is 4.22. The SMILES string of the molecule is O=C(O)CCN1CCCCCC1c1ccc(Cl)cc1. The molecule has 104 valence electrons. The number of carbonyl (C=O) groups is 1. The number of carboxylic acid groups (broad SMARTS) is 1. The van der Waals surface area contributed by atoms with Gasteiger partial charge in [-0.3, -0.25) is 9.69 Å². The topological polar surface area (TPSA) is 40.5 Å². The van der Waals surface area contributed by atoms with Gasteiger partial charge in [0.1, 0.15) is 0 Å². The number of nitrogens with zero attached hydrogens (tertiary/aromatic N) is 1. The molecule has 1 heterocycles. The monoisotopic (exact) mass is 281 g/mol. The van der Waals surface area contributed by atoms with E-state index in [-0.39, 0.29) is 6.42 Å². The number of rotatable bonds is 4. The second-order valence-electron chi connectivity index (χ2n) is 5.10. The first-order valence-corrected chi connectivity index (χ1v) is 7.26. The lowest BCUT2D eigenvalue weighted by Crippen LogP contribution is -2.30. The van der Waals surface area contributed by atoms with E-state index in [4.69, 9.17) is 16.7 Å². The molecule has 0 aromatic heterocycles. The molecule has 19 heavy (non-hydrogen) atoms. The van der Waals surface area contributed by atoms with Crippen LogP contribution in [0.15, 0.2) is 24.3 Å². The summed E-state index contributed by atoms with van der Waals surface area (Å²) in [5.74, 6) is -0.723. The molecule has 0 spiro atoms. The van der Waals surface area contributed by atoms with Gasteiger partial charge in [-0.15, -0.1) is 0 Å². The van der Waals surface area contributed by atoms with E-state index >= 15 is 0 Å². The number of likely N-dealkylation sites (tertiary alicyclic amines) is 1. The Labute approximate surface area is 119 Å². The molecule has 1 aromatic rings. The van der Waals surface area contributed by atoms with E-state index in [1.54, 1.807) is 0 Å². The maximum Gasteiger partial charge on any atom is 0.304 e. The largest absolute Gasteiger partial charge is 0.481 e. The third-order valence-electron chi connectivity index (χ3n) is 3.73. The van der Waals surface area contributed by atoms with Gasteiger partial charge in [-0.2, -0.15) is 0 Å². The van der Waals surface area contributed by atoms with Crippen molar-refractivity contribution in [3.8, 4) is 0 Å². The standard InChI is InChI=1S/C15H20ClNO2/c16-13-7-5-12(6-8-13)14-4-2-1-3-10-17(14)11-9-15(18)19/h5-8,14H,1-4,9-11H2,(H,18,19). The molecule has 1 aromatic carbocycles. The summed E-state index contributed by atoms with van der Waals surface area (Å²) in [7, 11) is 0. The Balaban J connectivity index is 2.11. The van der Waals surface area contributed by atoms with Crippen molar-refractivity contribution in [2.24, 2.45) is 0 Å². The normalized spacial score (nSPS) is 21.0. The number of hydrogen-bond acceptors (Lipinski definition) is 2. The number of halogens is 1. The van der Waals surface area contributed by atoms with Crippen molar-refractivity contribution < 1.29 is 9.90 Å². The zero-order valence-electron chi connectivity index (χ0n) is 11.0. The smallest absolute Gasteiger partial charge is 0.304 e. The van der Waals surface area contributed by atoms with Crippen LogP contribution in [-0.4, -0.2) is 29.1 Å². The summed E-state index contributed by atoms with van der Waals surface area (Å²) >= 11 is 5.93. The van der Waals surface area contributed by atoms with Crippen LogP contribution in [-0.2, 0) is 4.79 Å². The van der Waals surface area contributed by atoms with Crippen LogP contribution >= 0.6 is 11.6 Å². The van der Waals surface area contributed by atoms with Crippen LogP contribution in [0.4, 0.5) is 0 Å². The number of benzene rings is 1. The van der Waals surface area contributed by atoms with Gasteiger partial charge in [0.2, 0.25) is 0 Å². The first-order valence-electron chi connectivity index (χ1n) is 6.88. The fourth-order valence-corrected chi connectivity index (χ4v) is 2.86. The molecule has 3 nitrogen and oxygen atoms in total. The second-order valence-corrected chi connectivity index (χ2v) is 5.53. The van der Waals surface area contributed by atoms with Gasteiger partial charge in [0.15, 0.2) is 0 Å². The minimum atomic E-state index is -0.723. The predicted molar refractivity (Wildman–Crippen MR) is 76.5 cm³/mol. The van der Waals surface area contributed by atoms with Crippen LogP contribution in [0.5, 0.6) is 0 Å². The minimum absolute atomic E-state index is 0.212. The van der Waals surface area contributed by atoms with Gasteiger partial charge in [-0.05, 0) is 37.1 Å². The zero-order chi connectivity index (χ0) is 13.7. The quantitative estimate of drug-likeness (QED) is 0.914. The maximum atomic E-state index is 10.8. The van der Waals surface area contributed by atoms with Crippen molar-refractivity contribution in [2.75, 3.05) is 13.1 Å². The highest BCUT2D eigenvalue weighted by atomic mass is 35.5. The van der Waals surface area contributed by atoms with Crippen molar-refractivity contribution in [1.82, 2.24) is 4.90 Å². The highest BCUT2D eigenvalue weighted by Gasteiger charge is 2.22. The maximum absolute atomic E-state index is 10.8. The first-order chi connectivity index (χ1) is 9.16. The zero-order valence-corrected chi connectivity index (χ0v) is 11.8. The van der Waals surface area contributed by atoms with Crippen LogP contribution in [0.1, 0.15) is 43.7 Å². The van der Waals surface area contributed by atoms with E-state index in [0.717, 1.165) is 24.4 Å². The molecule has 1 fully saturated rings. The van der Waals surface area contributed by atoms with Gasteiger partial charge in [-0.25, -0.2) is 0 Å². The summed E-state index contributed by atoms with van der Waals surface area (Å²) < 4.78 is 0. The van der Waals surface area contributed by atoms with Gasteiger partial charge in [0.25, 0.3) is 0 Å². The molecule has 1 saturated heterocycles. The Morgan fingerprint density at radius 2 is 2.00 bits per heavy atom. The Kier molecular flexibility index (Phi) is 5.23. The van der Waals surface area contributed by atoms with Gasteiger partial charge in [-0.1, -0.05) is 36.6 Å². The fourth-order valence-electron chi connectivity index (χ4n) is 2.74. The molecular weight excluding hydrogens is 262 g/mol. The molecule has 1 aliphatic heterocycles. The van der Waals surface area contributed by atoms with E-state index in [1.807, 2.05) is 12.1 Å². The van der Waals surface area contributed by atoms with Gasteiger partial charge < -0.3 is 5.11 Å². The van der Waals surface area contributed by atoms with Crippen LogP contribution in [0, 0.1) is 0 Å². The molecule has 4 heteroatoms. The summed E-state index contributed by atoms with van der Waals surface area (Å²) in [4.78, 5) is 13.1. The molecule has 2 rings (SSSR count). The molecule has 0 amide bonds. The Morgan fingerprint density at radius 3 is 2.68 bits per heavy atom. The summed E-state index contributed by atoms with van der Waals surface area (Å²) in [6.45, 7) is 1.61. The number of aliphatic carboxylic acids is 1. The molecule has 0 saturated carbocycles. The predicted octanol–water partition coefficient (Wildman–Crippen LogP) is 3.73. The fraction of sp³-hybridized carbons (Fsp3) is 0.533. The highest BCUT2D eigenvalue weighted by Crippen LogP contribution is 2.30. The van der Waals surface area contributed by atoms with Crippen LogP contribution in [0.25, 0.3) is 0 Å². The third-order valence-corrected chi connectivity index (χ3v) is 3.98. The van der Waals surface area contributed by atoms with E-state index in [0.29, 0.717) is 12.6 Å². The van der Waals surface area contributed by atoms with Crippen molar-refractivity contribution in [1.29, 1.82) is 0 Å². The summed E-state index contributed by atoms with van der Waals surface area (Å²) in [6, 6.07) is 8.28. The van der Waals surface area contributed by atoms with E-state index in [9.17, 15) is 4.79 Å².